The fraction of sp³-hybridized carbons (Fsp3) is 1.00. The Morgan fingerprint density at radius 2 is 0.240 bits per heavy atom. The van der Waals surface area contributed by atoms with Crippen molar-refractivity contribution in [2.24, 2.45) is 56.7 Å². The Kier molecular flexibility index (Phi) is 85.3. The van der Waals surface area contributed by atoms with Gasteiger partial charge in [0.05, 0.1) is 0 Å². The van der Waals surface area contributed by atoms with Crippen LogP contribution in [0.2, 0.25) is 0 Å². The van der Waals surface area contributed by atoms with E-state index >= 15 is 0 Å². The molecular formula is C100H210. The minimum Gasteiger partial charge on any atom is -0.0654 e. The highest BCUT2D eigenvalue weighted by Gasteiger charge is 2.22. The molecule has 0 N–H and O–H groups in total. The summed E-state index contributed by atoms with van der Waals surface area (Å²) in [6.07, 6.45) is 93.9. The number of rotatable bonds is 65. The summed E-state index contributed by atoms with van der Waals surface area (Å²) in [6, 6.07) is 0. The van der Waals surface area contributed by atoms with Gasteiger partial charge in [0, 0.05) is 0 Å². The number of unbranched alkanes of at least 4 members (excludes halogenated alkanes) is 41. The first-order chi connectivity index (χ1) is 47.5. The van der Waals surface area contributed by atoms with Crippen molar-refractivity contribution in [3.05, 3.63) is 0 Å². The second-order valence-electron chi connectivity index (χ2n) is 40.2. The van der Waals surface area contributed by atoms with Gasteiger partial charge in [-0.25, -0.2) is 0 Å². The van der Waals surface area contributed by atoms with Crippen LogP contribution in [0.1, 0.15) is 590 Å². The molecule has 0 rings (SSSR count). The third-order valence-corrected chi connectivity index (χ3v) is 21.8. The Hall–Kier alpha value is 0. The van der Waals surface area contributed by atoms with Gasteiger partial charge in [0.15, 0.2) is 0 Å². The quantitative estimate of drug-likeness (QED) is 0.0533. The zero-order valence-corrected chi connectivity index (χ0v) is 76.3. The Labute approximate surface area is 643 Å². The number of hydrogen-bond donors (Lipinski definition) is 0. The molecule has 0 aromatic carbocycles. The molecule has 0 saturated heterocycles. The van der Waals surface area contributed by atoms with Crippen molar-refractivity contribution < 1.29 is 0 Å². The Morgan fingerprint density at radius 1 is 0.130 bits per heavy atom. The van der Waals surface area contributed by atoms with Gasteiger partial charge in [0.25, 0.3) is 0 Å². The minimum absolute atomic E-state index is 0.503. The second kappa shape index (κ2) is 78.6. The molecule has 0 spiro atoms. The molecule has 0 nitrogen and oxygen atoms in total. The van der Waals surface area contributed by atoms with Crippen molar-refractivity contribution in [2.75, 3.05) is 0 Å². The molecule has 5 unspecified atom stereocenters. The second-order valence-corrected chi connectivity index (χ2v) is 40.2. The van der Waals surface area contributed by atoms with E-state index in [9.17, 15) is 0 Å². The molecule has 0 heteroatoms. The molecule has 0 heterocycles. The lowest BCUT2D eigenvalue weighted by Gasteiger charge is -2.26. The first kappa shape index (κ1) is 109. The first-order valence-corrected chi connectivity index (χ1v) is 47.5. The van der Waals surface area contributed by atoms with Crippen LogP contribution in [0.3, 0.4) is 0 Å². The van der Waals surface area contributed by atoms with Gasteiger partial charge in [-0.2, -0.15) is 0 Å². The van der Waals surface area contributed by atoms with E-state index in [-0.39, 0.29) is 0 Å². The van der Waals surface area contributed by atoms with E-state index in [1.165, 1.54) is 417 Å². The molecule has 610 valence electrons. The molecule has 0 amide bonds. The van der Waals surface area contributed by atoms with E-state index in [1.807, 2.05) is 0 Å². The fourth-order valence-corrected chi connectivity index (χ4v) is 16.4. The van der Waals surface area contributed by atoms with Crippen LogP contribution in [0.5, 0.6) is 0 Å². The minimum atomic E-state index is 0.503. The van der Waals surface area contributed by atoms with Crippen molar-refractivity contribution in [3.8, 4) is 0 Å². The lowest BCUT2D eigenvalue weighted by atomic mass is 9.80. The van der Waals surface area contributed by atoms with Crippen molar-refractivity contribution in [3.63, 3.8) is 0 Å². The van der Waals surface area contributed by atoms with E-state index in [0.717, 1.165) is 29.6 Å². The summed E-state index contributed by atoms with van der Waals surface area (Å²) in [7, 11) is 0. The molecule has 0 aliphatic heterocycles. The van der Waals surface area contributed by atoms with Gasteiger partial charge in [-0.3, -0.25) is 0 Å². The van der Waals surface area contributed by atoms with Crippen LogP contribution in [0.4, 0.5) is 0 Å². The third kappa shape index (κ3) is 102. The van der Waals surface area contributed by atoms with Crippen LogP contribution in [0.25, 0.3) is 0 Å². The third-order valence-electron chi connectivity index (χ3n) is 21.8. The van der Waals surface area contributed by atoms with Gasteiger partial charge < -0.3 is 0 Å². The maximum absolute atomic E-state index is 2.44. The zero-order chi connectivity index (χ0) is 76.3. The van der Waals surface area contributed by atoms with Gasteiger partial charge in [-0.1, -0.05) is 558 Å². The highest BCUT2D eigenvalue weighted by molar-refractivity contribution is 4.75. The summed E-state index contributed by atoms with van der Waals surface area (Å²) in [5.74, 6) is 4.89. The zero-order valence-electron chi connectivity index (χ0n) is 76.3. The Balaban J connectivity index is -0.000000386. The largest absolute Gasteiger partial charge is 0.0654 e. The van der Waals surface area contributed by atoms with E-state index in [1.54, 1.807) is 0 Å². The molecule has 100 heavy (non-hydrogen) atoms. The van der Waals surface area contributed by atoms with Crippen LogP contribution < -0.4 is 0 Å². The maximum Gasteiger partial charge on any atom is -0.0380 e. The lowest BCUT2D eigenvalue weighted by Crippen LogP contribution is -2.13. The molecule has 0 aromatic rings. The molecule has 0 aliphatic carbocycles. The monoisotopic (exact) mass is 1410 g/mol. The molecule has 0 aromatic heterocycles. The predicted octanol–water partition coefficient (Wildman–Crippen LogP) is 38.8. The lowest BCUT2D eigenvalue weighted by molar-refractivity contribution is 0.259. The van der Waals surface area contributed by atoms with Crippen LogP contribution in [-0.4, -0.2) is 0 Å². The van der Waals surface area contributed by atoms with Gasteiger partial charge in [0.2, 0.25) is 0 Å². The summed E-state index contributed by atoms with van der Waals surface area (Å²) < 4.78 is 0. The SMILES string of the molecule is CCCCC(CC)CC(C)(C)C.CCCCCCC(CCCC)CC(C)(C)C.CCCCCCCCC(CCCCCC)CC(C)(C)C.CCCCCCCCCCC(CCCCCCCC)CC(C)(C)C.CCCCCCCCCCCCC(CCCCCCCCCC)CC(C)(C)C. The Morgan fingerprint density at radius 3 is 0.380 bits per heavy atom. The molecule has 0 aliphatic rings. The first-order valence-electron chi connectivity index (χ1n) is 47.5. The fourth-order valence-electron chi connectivity index (χ4n) is 16.4. The van der Waals surface area contributed by atoms with Crippen molar-refractivity contribution in [2.45, 2.75) is 590 Å². The van der Waals surface area contributed by atoms with Crippen molar-refractivity contribution in [1.82, 2.24) is 0 Å². The molecule has 0 fully saturated rings. The van der Waals surface area contributed by atoms with Crippen molar-refractivity contribution >= 4 is 0 Å². The van der Waals surface area contributed by atoms with Crippen LogP contribution in [0.15, 0.2) is 0 Å². The van der Waals surface area contributed by atoms with E-state index in [4.69, 9.17) is 0 Å². The standard InChI is InChI=1S/C28H58.C24H50.C20H42.C16H34.C12H26/c1-6-8-10-12-14-16-17-19-21-23-25-27(26-28(3,4)5)24-22-20-18-15-13-11-9-7-2;1-6-8-10-12-14-15-17-19-21-23(22-24(3,4)5)20-18-16-13-11-9-7-2;1-6-8-10-12-13-15-17-19(18-20(3,4)5)16-14-11-9-7-2;1-6-8-10-11-13-15(12-9-7-2)14-16(3,4)5;1-6-8-9-11(7-2)10-12(3,4)5/h27H,6-26H2,1-5H3;23H,6-22H2,1-5H3;19H,6-18H2,1-5H3;15H,6-14H2,1-5H3;11H,6-10H2,1-5H3. The molecule has 5 atom stereocenters. The van der Waals surface area contributed by atoms with E-state index in [0.29, 0.717) is 27.1 Å². The van der Waals surface area contributed by atoms with E-state index in [2.05, 4.69) is 173 Å². The van der Waals surface area contributed by atoms with Crippen LogP contribution in [0, 0.1) is 56.7 Å². The Bertz CT molecular complexity index is 1440. The average molecular weight is 1410 g/mol. The number of hydrogen-bond acceptors (Lipinski definition) is 0. The van der Waals surface area contributed by atoms with Crippen LogP contribution in [-0.2, 0) is 0 Å². The summed E-state index contributed by atoms with van der Waals surface area (Å²) in [5.41, 5.74) is 2.56. The van der Waals surface area contributed by atoms with Gasteiger partial charge >= 0.3 is 0 Å². The molecule has 0 bridgehead atoms. The van der Waals surface area contributed by atoms with Crippen LogP contribution >= 0.6 is 0 Å². The summed E-state index contributed by atoms with van der Waals surface area (Å²) in [6.45, 7) is 59.1. The average Bonchev–Trinajstić information content (AvgIpc) is 0.989. The van der Waals surface area contributed by atoms with Gasteiger partial charge in [-0.15, -0.1) is 0 Å². The normalized spacial score (nSPS) is 13.7. The summed E-state index contributed by atoms with van der Waals surface area (Å²) in [4.78, 5) is 0. The topological polar surface area (TPSA) is 0 Å². The molecule has 0 radical (unpaired) electrons. The van der Waals surface area contributed by atoms with Gasteiger partial charge in [-0.05, 0) is 88.8 Å². The van der Waals surface area contributed by atoms with Gasteiger partial charge in [0.1, 0.15) is 0 Å². The smallest absolute Gasteiger partial charge is 0.0380 e. The summed E-state index contributed by atoms with van der Waals surface area (Å²) >= 11 is 0. The molecule has 0 saturated carbocycles. The maximum atomic E-state index is 2.44. The van der Waals surface area contributed by atoms with E-state index < -0.39 is 0 Å². The predicted molar refractivity (Wildman–Crippen MR) is 472 cm³/mol. The van der Waals surface area contributed by atoms with Crippen molar-refractivity contribution in [1.29, 1.82) is 0 Å². The highest BCUT2D eigenvalue weighted by Crippen LogP contribution is 2.36. The highest BCUT2D eigenvalue weighted by atomic mass is 14.3. The summed E-state index contributed by atoms with van der Waals surface area (Å²) in [5, 5.41) is 0. The molecular weight excluding hydrogens is 1200 g/mol.